The number of carbonyl (C=O) groups is 3. The smallest absolute Gasteiger partial charge is 0.343 e. The van der Waals surface area contributed by atoms with Crippen molar-refractivity contribution >= 4 is 28.6 Å². The molecular weight excluding hydrogens is 434 g/mol. The lowest BCUT2D eigenvalue weighted by Gasteiger charge is -2.09. The number of benzene rings is 3. The molecule has 0 aliphatic heterocycles. The molecule has 0 aliphatic carbocycles. The molecule has 0 atom stereocenters. The van der Waals surface area contributed by atoms with Gasteiger partial charge in [0.15, 0.2) is 12.4 Å². The Labute approximate surface area is 195 Å². The largest absolute Gasteiger partial charge is 0.497 e. The number of hydrogen-bond acceptors (Lipinski definition) is 7. The maximum absolute atomic E-state index is 12.6. The molecule has 0 aliphatic rings. The maximum Gasteiger partial charge on any atom is 0.343 e. The molecule has 0 saturated heterocycles. The van der Waals surface area contributed by atoms with E-state index in [2.05, 4.69) is 4.98 Å². The van der Waals surface area contributed by atoms with Crippen LogP contribution in [0.1, 0.15) is 36.8 Å². The summed E-state index contributed by atoms with van der Waals surface area (Å²) in [6, 6.07) is 21.5. The van der Waals surface area contributed by atoms with Gasteiger partial charge in [0.25, 0.3) is 0 Å². The number of nitrogens with zero attached hydrogens (tertiary/aromatic N) is 1. The summed E-state index contributed by atoms with van der Waals surface area (Å²) in [4.78, 5) is 41.9. The molecule has 0 radical (unpaired) electrons. The Balaban J connectivity index is 1.39. The number of fused-ring (bicyclic) bond motifs is 1. The van der Waals surface area contributed by atoms with Crippen LogP contribution in [-0.4, -0.2) is 36.4 Å². The molecule has 1 heterocycles. The lowest BCUT2D eigenvalue weighted by atomic mass is 10.1. The molecule has 1 aromatic heterocycles. The first-order valence-electron chi connectivity index (χ1n) is 10.5. The number of esters is 2. The van der Waals surface area contributed by atoms with Gasteiger partial charge in [-0.15, -0.1) is 0 Å². The van der Waals surface area contributed by atoms with Gasteiger partial charge in [0.2, 0.25) is 0 Å². The van der Waals surface area contributed by atoms with Gasteiger partial charge >= 0.3 is 11.9 Å². The molecule has 4 aromatic rings. The van der Waals surface area contributed by atoms with E-state index in [1.165, 1.54) is 31.4 Å². The Kier molecular flexibility index (Phi) is 6.64. The minimum Gasteiger partial charge on any atom is -0.497 e. The van der Waals surface area contributed by atoms with Crippen molar-refractivity contribution in [2.24, 2.45) is 0 Å². The van der Waals surface area contributed by atoms with Crippen LogP contribution < -0.4 is 9.47 Å². The summed E-state index contributed by atoms with van der Waals surface area (Å²) in [6.45, 7) is 1.37. The minimum absolute atomic E-state index is 0.278. The molecule has 170 valence electrons. The van der Waals surface area contributed by atoms with Crippen molar-refractivity contribution in [1.82, 2.24) is 4.98 Å². The molecular formula is C27H21NO6. The summed E-state index contributed by atoms with van der Waals surface area (Å²) in [6.07, 6.45) is 0. The van der Waals surface area contributed by atoms with Gasteiger partial charge < -0.3 is 14.2 Å². The van der Waals surface area contributed by atoms with E-state index in [9.17, 15) is 14.4 Å². The molecule has 7 heteroatoms. The molecule has 0 amide bonds. The Bertz CT molecular complexity index is 1380. The Morgan fingerprint density at radius 1 is 0.794 bits per heavy atom. The van der Waals surface area contributed by atoms with E-state index in [4.69, 9.17) is 14.2 Å². The highest BCUT2D eigenvalue weighted by Gasteiger charge is 2.16. The van der Waals surface area contributed by atoms with Gasteiger partial charge in [-0.1, -0.05) is 24.3 Å². The van der Waals surface area contributed by atoms with Crippen molar-refractivity contribution in [3.8, 4) is 11.5 Å². The van der Waals surface area contributed by atoms with E-state index >= 15 is 0 Å². The van der Waals surface area contributed by atoms with Gasteiger partial charge in [-0.25, -0.2) is 9.59 Å². The summed E-state index contributed by atoms with van der Waals surface area (Å²) in [5.74, 6) is -0.709. The molecule has 0 fully saturated rings. The van der Waals surface area contributed by atoms with E-state index in [-0.39, 0.29) is 11.5 Å². The summed E-state index contributed by atoms with van der Waals surface area (Å²) in [5.41, 5.74) is 2.38. The number of aromatic nitrogens is 1. The third-order valence-electron chi connectivity index (χ3n) is 5.09. The molecule has 34 heavy (non-hydrogen) atoms. The number of methoxy groups -OCH3 is 1. The fourth-order valence-corrected chi connectivity index (χ4v) is 3.39. The van der Waals surface area contributed by atoms with E-state index in [0.717, 1.165) is 0 Å². The first-order valence-corrected chi connectivity index (χ1v) is 10.5. The van der Waals surface area contributed by atoms with Crippen LogP contribution in [-0.2, 0) is 4.74 Å². The van der Waals surface area contributed by atoms with Crippen LogP contribution in [0.15, 0.2) is 78.9 Å². The summed E-state index contributed by atoms with van der Waals surface area (Å²) < 4.78 is 15.7. The summed E-state index contributed by atoms with van der Waals surface area (Å²) >= 11 is 0. The monoisotopic (exact) mass is 455 g/mol. The first kappa shape index (κ1) is 22.7. The van der Waals surface area contributed by atoms with Crippen LogP contribution in [0.3, 0.4) is 0 Å². The van der Waals surface area contributed by atoms with Crippen LogP contribution >= 0.6 is 0 Å². The van der Waals surface area contributed by atoms with Gasteiger partial charge in [0.05, 0.1) is 23.8 Å². The topological polar surface area (TPSA) is 91.8 Å². The standard InChI is InChI=1S/C27H21NO6/c1-17-14-23(22-8-3-4-9-24(22)28-17)27(31)33-16-25(29)18-10-12-20(13-11-18)34-26(30)19-6-5-7-21(15-19)32-2/h3-15H,16H2,1-2H3. The normalized spacial score (nSPS) is 10.5. The zero-order valence-electron chi connectivity index (χ0n) is 18.6. The third-order valence-corrected chi connectivity index (χ3v) is 5.09. The highest BCUT2D eigenvalue weighted by atomic mass is 16.5. The molecule has 4 rings (SSSR count). The first-order chi connectivity index (χ1) is 16.4. The van der Waals surface area contributed by atoms with E-state index in [0.29, 0.717) is 39.0 Å². The number of hydrogen-bond donors (Lipinski definition) is 0. The summed E-state index contributed by atoms with van der Waals surface area (Å²) in [7, 11) is 1.51. The van der Waals surface area contributed by atoms with Crippen molar-refractivity contribution in [3.05, 3.63) is 101 Å². The number of ether oxygens (including phenoxy) is 3. The van der Waals surface area contributed by atoms with Crippen LogP contribution in [0, 0.1) is 6.92 Å². The Morgan fingerprint density at radius 3 is 2.32 bits per heavy atom. The number of carbonyl (C=O) groups excluding carboxylic acids is 3. The minimum atomic E-state index is -0.598. The number of aryl methyl sites for hydroxylation is 1. The number of rotatable bonds is 7. The van der Waals surface area contributed by atoms with Gasteiger partial charge in [-0.05, 0) is 61.5 Å². The molecule has 7 nitrogen and oxygen atoms in total. The van der Waals surface area contributed by atoms with Crippen molar-refractivity contribution in [3.63, 3.8) is 0 Å². The predicted octanol–water partition coefficient (Wildman–Crippen LogP) is 4.81. The van der Waals surface area contributed by atoms with Crippen molar-refractivity contribution < 1.29 is 28.6 Å². The molecule has 3 aromatic carbocycles. The predicted molar refractivity (Wildman–Crippen MR) is 125 cm³/mol. The van der Waals surface area contributed by atoms with Crippen LogP contribution in [0.4, 0.5) is 0 Å². The number of para-hydroxylation sites is 1. The average Bonchev–Trinajstić information content (AvgIpc) is 2.87. The third kappa shape index (κ3) is 5.10. The Hall–Kier alpha value is -4.52. The van der Waals surface area contributed by atoms with Gasteiger partial charge in [-0.2, -0.15) is 0 Å². The van der Waals surface area contributed by atoms with E-state index in [1.54, 1.807) is 43.3 Å². The van der Waals surface area contributed by atoms with Gasteiger partial charge in [0, 0.05) is 16.6 Å². The van der Waals surface area contributed by atoms with Gasteiger partial charge in [0.1, 0.15) is 11.5 Å². The van der Waals surface area contributed by atoms with Crippen LogP contribution in [0.5, 0.6) is 11.5 Å². The van der Waals surface area contributed by atoms with Crippen molar-refractivity contribution in [2.45, 2.75) is 6.92 Å². The lowest BCUT2D eigenvalue weighted by molar-refractivity contribution is 0.0476. The summed E-state index contributed by atoms with van der Waals surface area (Å²) in [5, 5.41) is 0.660. The van der Waals surface area contributed by atoms with Gasteiger partial charge in [-0.3, -0.25) is 9.78 Å². The van der Waals surface area contributed by atoms with Crippen molar-refractivity contribution in [2.75, 3.05) is 13.7 Å². The molecule has 0 unspecified atom stereocenters. The molecule has 0 N–H and O–H groups in total. The Morgan fingerprint density at radius 2 is 1.56 bits per heavy atom. The number of ketones is 1. The average molecular weight is 455 g/mol. The van der Waals surface area contributed by atoms with Crippen molar-refractivity contribution in [1.29, 1.82) is 0 Å². The SMILES string of the molecule is COc1cccc(C(=O)Oc2ccc(C(=O)COC(=O)c3cc(C)nc4ccccc34)cc2)c1. The molecule has 0 saturated carbocycles. The molecule has 0 bridgehead atoms. The van der Waals surface area contributed by atoms with E-state index < -0.39 is 18.5 Å². The zero-order chi connectivity index (χ0) is 24.1. The fourth-order valence-electron chi connectivity index (χ4n) is 3.39. The second-order valence-electron chi connectivity index (χ2n) is 7.47. The highest BCUT2D eigenvalue weighted by molar-refractivity contribution is 6.05. The second kappa shape index (κ2) is 9.95. The highest BCUT2D eigenvalue weighted by Crippen LogP contribution is 2.20. The van der Waals surface area contributed by atoms with Crippen LogP contribution in [0.2, 0.25) is 0 Å². The second-order valence-corrected chi connectivity index (χ2v) is 7.47. The fraction of sp³-hybridized carbons (Fsp3) is 0.111. The maximum atomic E-state index is 12.6. The number of Topliss-reactive ketones (excluding diaryl/α,β-unsaturated/α-hetero) is 1. The van der Waals surface area contributed by atoms with Crippen LogP contribution in [0.25, 0.3) is 10.9 Å². The molecule has 0 spiro atoms. The lowest BCUT2D eigenvalue weighted by Crippen LogP contribution is -2.15. The quantitative estimate of drug-likeness (QED) is 0.224. The number of pyridine rings is 1. The zero-order valence-corrected chi connectivity index (χ0v) is 18.6. The van der Waals surface area contributed by atoms with E-state index in [1.807, 2.05) is 18.2 Å².